The highest BCUT2D eigenvalue weighted by Gasteiger charge is 2.20. The second kappa shape index (κ2) is 10.0. The Morgan fingerprint density at radius 1 is 0.938 bits per heavy atom. The summed E-state index contributed by atoms with van der Waals surface area (Å²) in [7, 11) is -4.15. The Kier molecular flexibility index (Phi) is 7.86. The molecule has 0 fully saturated rings. The third-order valence-corrected chi connectivity index (χ3v) is 5.21. The smallest absolute Gasteiger partial charge is 0.407 e. The molecule has 0 unspecified atom stereocenters. The van der Waals surface area contributed by atoms with Crippen molar-refractivity contribution in [2.24, 2.45) is 0 Å². The van der Waals surface area contributed by atoms with Gasteiger partial charge < -0.3 is 15.4 Å². The standard InChI is InChI=1S/C20H22F3N3O5S/c1-20(2,3)31-19(28)24-8-9-25-32(29,30)13-5-7-15(21)14(11-13)18(27)26-12-4-6-16(22)17(23)10-12/h4-7,10-11,25H,8-9H2,1-3H3,(H,24,28)(H,26,27). The number of alkyl carbamates (subject to hydrolysis) is 1. The van der Waals surface area contributed by atoms with Crippen molar-refractivity contribution in [3.63, 3.8) is 0 Å². The van der Waals surface area contributed by atoms with Gasteiger partial charge in [-0.1, -0.05) is 0 Å². The van der Waals surface area contributed by atoms with E-state index in [1.54, 1.807) is 20.8 Å². The van der Waals surface area contributed by atoms with Crippen LogP contribution in [-0.2, 0) is 14.8 Å². The number of ether oxygens (including phenoxy) is 1. The molecule has 0 spiro atoms. The zero-order chi connectivity index (χ0) is 24.1. The molecule has 0 heterocycles. The number of benzene rings is 2. The summed E-state index contributed by atoms with van der Waals surface area (Å²) < 4.78 is 72.5. The van der Waals surface area contributed by atoms with Crippen LogP contribution in [-0.4, -0.2) is 39.1 Å². The summed E-state index contributed by atoms with van der Waals surface area (Å²) >= 11 is 0. The van der Waals surface area contributed by atoms with Crippen LogP contribution in [0.1, 0.15) is 31.1 Å². The Bertz CT molecular complexity index is 1120. The second-order valence-corrected chi connectivity index (χ2v) is 9.32. The largest absolute Gasteiger partial charge is 0.444 e. The Balaban J connectivity index is 2.05. The Morgan fingerprint density at radius 2 is 1.59 bits per heavy atom. The van der Waals surface area contributed by atoms with Crippen molar-refractivity contribution >= 4 is 27.7 Å². The third kappa shape index (κ3) is 7.24. The molecular weight excluding hydrogens is 451 g/mol. The first-order valence-electron chi connectivity index (χ1n) is 9.31. The normalized spacial score (nSPS) is 11.7. The lowest BCUT2D eigenvalue weighted by Crippen LogP contribution is -2.37. The van der Waals surface area contributed by atoms with E-state index in [-0.39, 0.29) is 18.8 Å². The summed E-state index contributed by atoms with van der Waals surface area (Å²) in [6, 6.07) is 5.07. The van der Waals surface area contributed by atoms with E-state index in [0.717, 1.165) is 30.3 Å². The minimum absolute atomic E-state index is 0.0845. The number of sulfonamides is 1. The molecule has 8 nitrogen and oxygen atoms in total. The van der Waals surface area contributed by atoms with Gasteiger partial charge in [0.15, 0.2) is 11.6 Å². The Hall–Kier alpha value is -3.12. The van der Waals surface area contributed by atoms with Gasteiger partial charge in [-0.15, -0.1) is 0 Å². The SMILES string of the molecule is CC(C)(C)OC(=O)NCCNS(=O)(=O)c1ccc(F)c(C(=O)Nc2ccc(F)c(F)c2)c1. The summed E-state index contributed by atoms with van der Waals surface area (Å²) in [5, 5.41) is 4.54. The number of hydrogen-bond acceptors (Lipinski definition) is 5. The molecule has 0 saturated carbocycles. The van der Waals surface area contributed by atoms with Crippen LogP contribution in [0.2, 0.25) is 0 Å². The third-order valence-electron chi connectivity index (χ3n) is 3.76. The second-order valence-electron chi connectivity index (χ2n) is 7.55. The van der Waals surface area contributed by atoms with Gasteiger partial charge in [-0.3, -0.25) is 4.79 Å². The van der Waals surface area contributed by atoms with Crippen LogP contribution in [0.4, 0.5) is 23.7 Å². The Labute approximate surface area is 183 Å². The van der Waals surface area contributed by atoms with Gasteiger partial charge in [0.05, 0.1) is 10.5 Å². The van der Waals surface area contributed by atoms with Crippen LogP contribution < -0.4 is 15.4 Å². The fourth-order valence-electron chi connectivity index (χ4n) is 2.37. The van der Waals surface area contributed by atoms with Gasteiger partial charge >= 0.3 is 6.09 Å². The molecule has 2 aromatic rings. The average molecular weight is 473 g/mol. The number of carbonyl (C=O) groups excluding carboxylic acids is 2. The van der Waals surface area contributed by atoms with Crippen molar-refractivity contribution in [2.45, 2.75) is 31.3 Å². The predicted octanol–water partition coefficient (Wildman–Crippen LogP) is 3.16. The van der Waals surface area contributed by atoms with Gasteiger partial charge in [-0.25, -0.2) is 31.1 Å². The first kappa shape index (κ1) is 25.1. The van der Waals surface area contributed by atoms with Crippen molar-refractivity contribution in [3.05, 3.63) is 59.4 Å². The maximum absolute atomic E-state index is 14.1. The van der Waals surface area contributed by atoms with Crippen molar-refractivity contribution in [2.75, 3.05) is 18.4 Å². The average Bonchev–Trinajstić information content (AvgIpc) is 2.67. The lowest BCUT2D eigenvalue weighted by Gasteiger charge is -2.19. The number of carbonyl (C=O) groups is 2. The Morgan fingerprint density at radius 3 is 2.22 bits per heavy atom. The number of nitrogens with one attached hydrogen (secondary N) is 3. The molecule has 2 aromatic carbocycles. The highest BCUT2D eigenvalue weighted by molar-refractivity contribution is 7.89. The van der Waals surface area contributed by atoms with Gasteiger partial charge in [0, 0.05) is 24.8 Å². The summed E-state index contributed by atoms with van der Waals surface area (Å²) in [5.41, 5.74) is -1.48. The van der Waals surface area contributed by atoms with Crippen LogP contribution in [0.25, 0.3) is 0 Å². The number of hydrogen-bond donors (Lipinski definition) is 3. The van der Waals surface area contributed by atoms with Crippen molar-refractivity contribution < 1.29 is 35.9 Å². The molecule has 0 aromatic heterocycles. The van der Waals surface area contributed by atoms with E-state index in [1.807, 2.05) is 0 Å². The molecule has 0 bridgehead atoms. The molecule has 174 valence electrons. The molecule has 3 N–H and O–H groups in total. The molecule has 0 aliphatic rings. The van der Waals surface area contributed by atoms with Gasteiger partial charge in [0.2, 0.25) is 10.0 Å². The van der Waals surface area contributed by atoms with Gasteiger partial charge in [-0.05, 0) is 51.1 Å². The zero-order valence-electron chi connectivity index (χ0n) is 17.5. The number of rotatable bonds is 7. The summed E-state index contributed by atoms with van der Waals surface area (Å²) in [6.45, 7) is 4.73. The molecule has 0 atom stereocenters. The number of anilines is 1. The van der Waals surface area contributed by atoms with E-state index in [2.05, 4.69) is 15.4 Å². The topological polar surface area (TPSA) is 114 Å². The minimum Gasteiger partial charge on any atom is -0.444 e. The van der Waals surface area contributed by atoms with E-state index < -0.39 is 55.5 Å². The zero-order valence-corrected chi connectivity index (χ0v) is 18.3. The monoisotopic (exact) mass is 473 g/mol. The fourth-order valence-corrected chi connectivity index (χ4v) is 3.42. The van der Waals surface area contributed by atoms with E-state index >= 15 is 0 Å². The predicted molar refractivity (Wildman–Crippen MR) is 110 cm³/mol. The highest BCUT2D eigenvalue weighted by atomic mass is 32.2. The van der Waals surface area contributed by atoms with Crippen LogP contribution in [0.15, 0.2) is 41.3 Å². The fraction of sp³-hybridized carbons (Fsp3) is 0.300. The number of amides is 2. The van der Waals surface area contributed by atoms with E-state index in [9.17, 15) is 31.2 Å². The lowest BCUT2D eigenvalue weighted by molar-refractivity contribution is 0.0528. The summed E-state index contributed by atoms with van der Waals surface area (Å²) in [5.74, 6) is -4.42. The van der Waals surface area contributed by atoms with E-state index in [4.69, 9.17) is 4.74 Å². The van der Waals surface area contributed by atoms with Crippen LogP contribution in [0.3, 0.4) is 0 Å². The first-order chi connectivity index (χ1) is 14.8. The molecule has 2 amide bonds. The van der Waals surface area contributed by atoms with Gasteiger partial charge in [0.1, 0.15) is 11.4 Å². The van der Waals surface area contributed by atoms with Crippen LogP contribution >= 0.6 is 0 Å². The molecule has 32 heavy (non-hydrogen) atoms. The maximum atomic E-state index is 14.1. The molecule has 2 rings (SSSR count). The lowest BCUT2D eigenvalue weighted by atomic mass is 10.2. The van der Waals surface area contributed by atoms with Crippen molar-refractivity contribution in [1.29, 1.82) is 0 Å². The number of halogens is 3. The van der Waals surface area contributed by atoms with Crippen molar-refractivity contribution in [3.8, 4) is 0 Å². The van der Waals surface area contributed by atoms with Crippen molar-refractivity contribution in [1.82, 2.24) is 10.0 Å². The van der Waals surface area contributed by atoms with E-state index in [1.165, 1.54) is 0 Å². The maximum Gasteiger partial charge on any atom is 0.407 e. The molecule has 12 heteroatoms. The van der Waals surface area contributed by atoms with Gasteiger partial charge in [0.25, 0.3) is 5.91 Å². The first-order valence-corrected chi connectivity index (χ1v) is 10.8. The molecule has 0 saturated heterocycles. The summed E-state index contributed by atoms with van der Waals surface area (Å²) in [6.07, 6.45) is -0.727. The van der Waals surface area contributed by atoms with E-state index in [0.29, 0.717) is 6.07 Å². The highest BCUT2D eigenvalue weighted by Crippen LogP contribution is 2.18. The quantitative estimate of drug-likeness (QED) is 0.535. The van der Waals surface area contributed by atoms with Gasteiger partial charge in [-0.2, -0.15) is 0 Å². The minimum atomic E-state index is -4.15. The molecular formula is C20H22F3N3O5S. The summed E-state index contributed by atoms with van der Waals surface area (Å²) in [4.78, 5) is 23.5. The van der Waals surface area contributed by atoms with Crippen LogP contribution in [0.5, 0.6) is 0 Å². The molecule has 0 aliphatic carbocycles. The molecule has 0 aliphatic heterocycles. The molecule has 0 radical (unpaired) electrons. The van der Waals surface area contributed by atoms with Crippen LogP contribution in [0, 0.1) is 17.5 Å².